The first kappa shape index (κ1) is 9.68. The summed E-state index contributed by atoms with van der Waals surface area (Å²) in [6.45, 7) is 6.40. The highest BCUT2D eigenvalue weighted by Crippen LogP contribution is 2.15. The molecule has 0 amide bonds. The Morgan fingerprint density at radius 3 is 2.67 bits per heavy atom. The molecule has 1 N–H and O–H groups in total. The molecule has 1 aromatic heterocycles. The zero-order valence-corrected chi connectivity index (χ0v) is 8.96. The SMILES string of the molecule is CNC(C)(C)Cc1nc(C)cs1. The van der Waals surface area contributed by atoms with Crippen LogP contribution in [0.15, 0.2) is 5.38 Å². The Kier molecular flexibility index (Phi) is 2.85. The number of thiazole rings is 1. The van der Waals surface area contributed by atoms with Crippen LogP contribution in [-0.2, 0) is 6.42 Å². The van der Waals surface area contributed by atoms with E-state index >= 15 is 0 Å². The normalized spacial score (nSPS) is 12.0. The predicted octanol–water partition coefficient (Wildman–Crippen LogP) is 1.99. The van der Waals surface area contributed by atoms with Crippen LogP contribution >= 0.6 is 11.3 Å². The van der Waals surface area contributed by atoms with Crippen molar-refractivity contribution < 1.29 is 0 Å². The minimum absolute atomic E-state index is 0.157. The number of nitrogens with zero attached hydrogens (tertiary/aromatic N) is 1. The average Bonchev–Trinajstić information content (AvgIpc) is 2.35. The Hall–Kier alpha value is -0.410. The van der Waals surface area contributed by atoms with Crippen LogP contribution in [0.1, 0.15) is 24.5 Å². The Balaban J connectivity index is 2.63. The molecule has 0 saturated heterocycles. The molecule has 0 aromatic carbocycles. The molecular weight excluding hydrogens is 168 g/mol. The third-order valence-electron chi connectivity index (χ3n) is 1.94. The van der Waals surface area contributed by atoms with Crippen molar-refractivity contribution in [2.75, 3.05) is 7.05 Å². The van der Waals surface area contributed by atoms with Gasteiger partial charge in [-0.2, -0.15) is 0 Å². The first-order valence-electron chi connectivity index (χ1n) is 4.13. The van der Waals surface area contributed by atoms with E-state index in [1.807, 2.05) is 14.0 Å². The van der Waals surface area contributed by atoms with Gasteiger partial charge in [-0.05, 0) is 27.8 Å². The van der Waals surface area contributed by atoms with Crippen molar-refractivity contribution in [2.24, 2.45) is 0 Å². The van der Waals surface area contributed by atoms with Crippen LogP contribution in [-0.4, -0.2) is 17.6 Å². The van der Waals surface area contributed by atoms with E-state index in [0.717, 1.165) is 12.1 Å². The summed E-state index contributed by atoms with van der Waals surface area (Å²) in [7, 11) is 1.99. The summed E-state index contributed by atoms with van der Waals surface area (Å²) in [6, 6.07) is 0. The predicted molar refractivity (Wildman–Crippen MR) is 53.7 cm³/mol. The van der Waals surface area contributed by atoms with Gasteiger partial charge in [0.05, 0.1) is 5.01 Å². The number of likely N-dealkylation sites (N-methyl/N-ethyl adjacent to an activating group) is 1. The smallest absolute Gasteiger partial charge is 0.0946 e. The van der Waals surface area contributed by atoms with Gasteiger partial charge in [-0.3, -0.25) is 0 Å². The second-order valence-electron chi connectivity index (χ2n) is 3.69. The lowest BCUT2D eigenvalue weighted by atomic mass is 10.0. The molecule has 0 aliphatic carbocycles. The Labute approximate surface area is 78.0 Å². The van der Waals surface area contributed by atoms with E-state index in [-0.39, 0.29) is 5.54 Å². The average molecular weight is 184 g/mol. The van der Waals surface area contributed by atoms with Gasteiger partial charge in [0.1, 0.15) is 0 Å². The highest BCUT2D eigenvalue weighted by atomic mass is 32.1. The molecule has 0 saturated carbocycles. The zero-order chi connectivity index (χ0) is 9.19. The lowest BCUT2D eigenvalue weighted by Crippen LogP contribution is -2.38. The highest BCUT2D eigenvalue weighted by Gasteiger charge is 2.16. The van der Waals surface area contributed by atoms with E-state index in [1.165, 1.54) is 5.01 Å². The van der Waals surface area contributed by atoms with Gasteiger partial charge in [0.2, 0.25) is 0 Å². The van der Waals surface area contributed by atoms with E-state index in [4.69, 9.17) is 0 Å². The summed E-state index contributed by atoms with van der Waals surface area (Å²) in [6.07, 6.45) is 1.00. The maximum Gasteiger partial charge on any atom is 0.0946 e. The van der Waals surface area contributed by atoms with Crippen LogP contribution in [0.5, 0.6) is 0 Å². The molecule has 0 radical (unpaired) electrons. The van der Waals surface area contributed by atoms with E-state index in [9.17, 15) is 0 Å². The highest BCUT2D eigenvalue weighted by molar-refractivity contribution is 7.09. The molecule has 3 heteroatoms. The number of aromatic nitrogens is 1. The number of nitrogens with one attached hydrogen (secondary N) is 1. The van der Waals surface area contributed by atoms with Crippen molar-refractivity contribution in [2.45, 2.75) is 32.7 Å². The van der Waals surface area contributed by atoms with Gasteiger partial charge < -0.3 is 5.32 Å². The van der Waals surface area contributed by atoms with Crippen molar-refractivity contribution in [3.8, 4) is 0 Å². The van der Waals surface area contributed by atoms with E-state index in [2.05, 4.69) is 29.5 Å². The molecule has 0 unspecified atom stereocenters. The van der Waals surface area contributed by atoms with Gasteiger partial charge in [-0.1, -0.05) is 0 Å². The number of hydrogen-bond acceptors (Lipinski definition) is 3. The largest absolute Gasteiger partial charge is 0.314 e. The molecule has 0 spiro atoms. The quantitative estimate of drug-likeness (QED) is 0.777. The third-order valence-corrected chi connectivity index (χ3v) is 2.90. The van der Waals surface area contributed by atoms with E-state index in [1.54, 1.807) is 11.3 Å². The molecule has 12 heavy (non-hydrogen) atoms. The fraction of sp³-hybridized carbons (Fsp3) is 0.667. The molecule has 0 aliphatic rings. The minimum Gasteiger partial charge on any atom is -0.314 e. The summed E-state index contributed by atoms with van der Waals surface area (Å²) in [5.74, 6) is 0. The lowest BCUT2D eigenvalue weighted by Gasteiger charge is -2.22. The monoisotopic (exact) mass is 184 g/mol. The van der Waals surface area contributed by atoms with Crippen LogP contribution in [0.3, 0.4) is 0 Å². The first-order chi connectivity index (χ1) is 5.53. The van der Waals surface area contributed by atoms with Crippen molar-refractivity contribution in [1.82, 2.24) is 10.3 Å². The van der Waals surface area contributed by atoms with Gasteiger partial charge in [-0.25, -0.2) is 4.98 Å². The molecule has 0 fully saturated rings. The van der Waals surface area contributed by atoms with Crippen LogP contribution in [0.25, 0.3) is 0 Å². The summed E-state index contributed by atoms with van der Waals surface area (Å²) in [5.41, 5.74) is 1.28. The molecule has 2 nitrogen and oxygen atoms in total. The van der Waals surface area contributed by atoms with Gasteiger partial charge >= 0.3 is 0 Å². The van der Waals surface area contributed by atoms with Gasteiger partial charge in [0, 0.05) is 23.0 Å². The zero-order valence-electron chi connectivity index (χ0n) is 8.14. The van der Waals surface area contributed by atoms with Gasteiger partial charge in [0.15, 0.2) is 0 Å². The Morgan fingerprint density at radius 1 is 1.58 bits per heavy atom. The fourth-order valence-electron chi connectivity index (χ4n) is 0.950. The van der Waals surface area contributed by atoms with Crippen molar-refractivity contribution >= 4 is 11.3 Å². The van der Waals surface area contributed by atoms with Crippen LogP contribution in [0.4, 0.5) is 0 Å². The number of aryl methyl sites for hydroxylation is 1. The maximum absolute atomic E-state index is 4.42. The Bertz CT molecular complexity index is 253. The van der Waals surface area contributed by atoms with Crippen LogP contribution in [0.2, 0.25) is 0 Å². The molecule has 0 bridgehead atoms. The topological polar surface area (TPSA) is 24.9 Å². The number of rotatable bonds is 3. The second-order valence-corrected chi connectivity index (χ2v) is 4.64. The second kappa shape index (κ2) is 3.54. The number of hydrogen-bond donors (Lipinski definition) is 1. The summed E-state index contributed by atoms with van der Waals surface area (Å²) < 4.78 is 0. The van der Waals surface area contributed by atoms with E-state index in [0.29, 0.717) is 0 Å². The fourth-order valence-corrected chi connectivity index (χ4v) is 1.95. The van der Waals surface area contributed by atoms with Crippen molar-refractivity contribution in [3.05, 3.63) is 16.1 Å². The molecular formula is C9H16N2S. The molecule has 0 atom stereocenters. The minimum atomic E-state index is 0.157. The standard InChI is InChI=1S/C9H16N2S/c1-7-6-12-8(11-7)5-9(2,3)10-4/h6,10H,5H2,1-4H3. The maximum atomic E-state index is 4.42. The molecule has 1 rings (SSSR count). The van der Waals surface area contributed by atoms with Crippen LogP contribution < -0.4 is 5.32 Å². The van der Waals surface area contributed by atoms with Crippen molar-refractivity contribution in [3.63, 3.8) is 0 Å². The van der Waals surface area contributed by atoms with Crippen molar-refractivity contribution in [1.29, 1.82) is 0 Å². The van der Waals surface area contributed by atoms with Gasteiger partial charge in [-0.15, -0.1) is 11.3 Å². The van der Waals surface area contributed by atoms with Crippen LogP contribution in [0, 0.1) is 6.92 Å². The molecule has 1 aromatic rings. The first-order valence-corrected chi connectivity index (χ1v) is 5.01. The lowest BCUT2D eigenvalue weighted by molar-refractivity contribution is 0.421. The summed E-state index contributed by atoms with van der Waals surface area (Å²) >= 11 is 1.74. The van der Waals surface area contributed by atoms with Gasteiger partial charge in [0.25, 0.3) is 0 Å². The summed E-state index contributed by atoms with van der Waals surface area (Å²) in [5, 5.41) is 6.58. The Morgan fingerprint density at radius 2 is 2.25 bits per heavy atom. The third kappa shape index (κ3) is 2.57. The summed E-state index contributed by atoms with van der Waals surface area (Å²) in [4.78, 5) is 4.42. The molecule has 1 heterocycles. The molecule has 0 aliphatic heterocycles. The van der Waals surface area contributed by atoms with E-state index < -0.39 is 0 Å². The molecule has 68 valence electrons.